The molecule has 0 aliphatic carbocycles. The van der Waals surface area contributed by atoms with E-state index in [4.69, 9.17) is 0 Å². The van der Waals surface area contributed by atoms with Crippen molar-refractivity contribution >= 4 is 48.9 Å². The maximum Gasteiger partial charge on any atom is 0.131 e. The number of fused-ring (bicyclic) bond motifs is 8. The van der Waals surface area contributed by atoms with Crippen LogP contribution in [0.4, 0.5) is 4.39 Å². The van der Waals surface area contributed by atoms with Gasteiger partial charge in [-0.25, -0.2) is 4.39 Å². The fourth-order valence-electron chi connectivity index (χ4n) is 5.77. The predicted molar refractivity (Wildman–Crippen MR) is 155 cm³/mol. The van der Waals surface area contributed by atoms with Gasteiger partial charge in [-0.15, -0.1) is 0 Å². The van der Waals surface area contributed by atoms with Gasteiger partial charge in [0.15, 0.2) is 0 Å². The van der Waals surface area contributed by atoms with Crippen LogP contribution in [0.1, 0.15) is 79.0 Å². The average molecular weight is 478 g/mol. The monoisotopic (exact) mass is 477 g/mol. The van der Waals surface area contributed by atoms with Gasteiger partial charge in [0.2, 0.25) is 0 Å². The van der Waals surface area contributed by atoms with E-state index in [1.807, 2.05) is 6.07 Å². The lowest BCUT2D eigenvalue weighted by atomic mass is 9.83. The van der Waals surface area contributed by atoms with Crippen LogP contribution in [0.2, 0.25) is 0 Å². The van der Waals surface area contributed by atoms with Gasteiger partial charge < -0.3 is 4.40 Å². The molecule has 0 spiro atoms. The second-order valence-corrected chi connectivity index (χ2v) is 13.8. The molecule has 4 aromatic carbocycles. The summed E-state index contributed by atoms with van der Waals surface area (Å²) in [6.45, 7) is 20.1. The van der Waals surface area contributed by atoms with Crippen molar-refractivity contribution in [1.82, 2.24) is 4.40 Å². The minimum Gasteiger partial charge on any atom is -0.308 e. The van der Waals surface area contributed by atoms with E-state index in [1.165, 1.54) is 38.3 Å². The summed E-state index contributed by atoms with van der Waals surface area (Å²) in [5, 5.41) is 6.66. The molecule has 0 radical (unpaired) electrons. The normalized spacial score (nSPS) is 13.8. The summed E-state index contributed by atoms with van der Waals surface area (Å²) in [5.41, 5.74) is 7.23. The third kappa shape index (κ3) is 3.19. The summed E-state index contributed by atoms with van der Waals surface area (Å²) in [6, 6.07) is 19.7. The van der Waals surface area contributed by atoms with Crippen molar-refractivity contribution in [2.45, 2.75) is 78.6 Å². The van der Waals surface area contributed by atoms with Crippen LogP contribution >= 0.6 is 0 Å². The van der Waals surface area contributed by atoms with Gasteiger partial charge in [0.1, 0.15) is 5.82 Å². The predicted octanol–water partition coefficient (Wildman–Crippen LogP) is 10.0. The van der Waals surface area contributed by atoms with E-state index in [0.717, 1.165) is 21.9 Å². The fourth-order valence-corrected chi connectivity index (χ4v) is 5.77. The van der Waals surface area contributed by atoms with Gasteiger partial charge in [-0.1, -0.05) is 68.4 Å². The highest BCUT2D eigenvalue weighted by Crippen LogP contribution is 2.45. The number of hydrogen-bond donors (Lipinski definition) is 0. The number of benzene rings is 4. The molecule has 0 saturated carbocycles. The zero-order valence-corrected chi connectivity index (χ0v) is 23.0. The Morgan fingerprint density at radius 1 is 0.500 bits per heavy atom. The molecule has 0 saturated heterocycles. The molecule has 2 heterocycles. The molecule has 0 aliphatic rings. The van der Waals surface area contributed by atoms with Crippen molar-refractivity contribution in [1.29, 1.82) is 0 Å². The molecule has 36 heavy (non-hydrogen) atoms. The van der Waals surface area contributed by atoms with E-state index in [1.54, 1.807) is 6.07 Å². The molecule has 0 unspecified atom stereocenters. The van der Waals surface area contributed by atoms with Gasteiger partial charge in [0.05, 0.1) is 16.6 Å². The Balaban J connectivity index is 1.89. The molecule has 0 bridgehead atoms. The van der Waals surface area contributed by atoms with Crippen molar-refractivity contribution in [3.05, 3.63) is 77.1 Å². The van der Waals surface area contributed by atoms with Gasteiger partial charge in [0.25, 0.3) is 0 Å². The summed E-state index contributed by atoms with van der Waals surface area (Å²) < 4.78 is 17.9. The van der Waals surface area contributed by atoms with Crippen LogP contribution in [0.3, 0.4) is 0 Å². The van der Waals surface area contributed by atoms with E-state index >= 15 is 4.39 Å². The average Bonchev–Trinajstić information content (AvgIpc) is 3.28. The van der Waals surface area contributed by atoms with E-state index in [9.17, 15) is 0 Å². The van der Waals surface area contributed by atoms with Gasteiger partial charge in [-0.2, -0.15) is 0 Å². The minimum atomic E-state index is -0.139. The van der Waals surface area contributed by atoms with Crippen LogP contribution in [-0.2, 0) is 16.2 Å². The topological polar surface area (TPSA) is 4.41 Å². The Kier molecular flexibility index (Phi) is 4.53. The number of aromatic nitrogens is 1. The number of hydrogen-bond acceptors (Lipinski definition) is 0. The van der Waals surface area contributed by atoms with E-state index < -0.39 is 0 Å². The Bertz CT molecular complexity index is 1830. The molecular formula is C34H36FN. The summed E-state index contributed by atoms with van der Waals surface area (Å²) in [5.74, 6) is -0.139. The van der Waals surface area contributed by atoms with Crippen LogP contribution in [0.25, 0.3) is 48.9 Å². The van der Waals surface area contributed by atoms with Crippen molar-refractivity contribution in [2.24, 2.45) is 0 Å². The molecule has 184 valence electrons. The first kappa shape index (κ1) is 23.3. The first-order valence-corrected chi connectivity index (χ1v) is 13.1. The lowest BCUT2D eigenvalue weighted by Crippen LogP contribution is -2.11. The zero-order valence-electron chi connectivity index (χ0n) is 23.0. The Hall–Kier alpha value is -3.13. The molecule has 0 atom stereocenters. The highest BCUT2D eigenvalue weighted by Gasteiger charge is 2.25. The molecule has 2 aromatic heterocycles. The van der Waals surface area contributed by atoms with E-state index in [-0.39, 0.29) is 22.1 Å². The Morgan fingerprint density at radius 2 is 1.03 bits per heavy atom. The van der Waals surface area contributed by atoms with Gasteiger partial charge >= 0.3 is 0 Å². The quantitative estimate of drug-likeness (QED) is 0.205. The number of halogens is 1. The van der Waals surface area contributed by atoms with Crippen LogP contribution in [0.5, 0.6) is 0 Å². The van der Waals surface area contributed by atoms with E-state index in [0.29, 0.717) is 5.39 Å². The molecule has 2 heteroatoms. The molecule has 0 N–H and O–H groups in total. The molecule has 0 fully saturated rings. The second-order valence-electron chi connectivity index (χ2n) is 13.8. The second kappa shape index (κ2) is 7.00. The number of nitrogens with zero attached hydrogens (tertiary/aromatic N) is 1. The maximum absolute atomic E-state index is 15.5. The third-order valence-electron chi connectivity index (χ3n) is 8.03. The highest BCUT2D eigenvalue weighted by molar-refractivity contribution is 6.29. The van der Waals surface area contributed by atoms with Crippen molar-refractivity contribution in [2.75, 3.05) is 0 Å². The fraction of sp³-hybridized carbons (Fsp3) is 0.353. The molecule has 0 aliphatic heterocycles. The summed E-state index contributed by atoms with van der Waals surface area (Å²) in [6.07, 6.45) is 0. The largest absolute Gasteiger partial charge is 0.308 e. The van der Waals surface area contributed by atoms with Gasteiger partial charge in [-0.3, -0.25) is 0 Å². The lowest BCUT2D eigenvalue weighted by molar-refractivity contribution is 0.577. The molecule has 0 amide bonds. The van der Waals surface area contributed by atoms with Gasteiger partial charge in [0, 0.05) is 26.9 Å². The van der Waals surface area contributed by atoms with Crippen molar-refractivity contribution in [3.63, 3.8) is 0 Å². The first-order chi connectivity index (χ1) is 16.7. The summed E-state index contributed by atoms with van der Waals surface area (Å²) in [4.78, 5) is 0. The van der Waals surface area contributed by atoms with Crippen molar-refractivity contribution < 1.29 is 4.39 Å². The van der Waals surface area contributed by atoms with Crippen LogP contribution in [-0.4, -0.2) is 4.40 Å². The summed E-state index contributed by atoms with van der Waals surface area (Å²) in [7, 11) is 0. The SMILES string of the molecule is CC(C)(C)c1cc(F)c2ccc3c(c2c1)c1cc(C(C)(C)C)cc2c4cc(C(C)(C)C)ccc4n3c21. The smallest absolute Gasteiger partial charge is 0.131 e. The Labute approximate surface area is 213 Å². The standard InChI is InChI=1S/C34H36FN/c1-32(2,3)19-10-12-28-23(14-19)25-16-20(33(4,5)6)17-26-30-24-15-21(34(7,8)9)18-27(35)22(24)11-13-29(30)36(28)31(25)26/h10-18H,1-9H3. The first-order valence-electron chi connectivity index (χ1n) is 13.1. The Morgan fingerprint density at radius 3 is 1.67 bits per heavy atom. The zero-order chi connectivity index (χ0) is 25.9. The van der Waals surface area contributed by atoms with E-state index in [2.05, 4.69) is 109 Å². The van der Waals surface area contributed by atoms with Crippen LogP contribution in [0, 0.1) is 5.82 Å². The highest BCUT2D eigenvalue weighted by atomic mass is 19.1. The van der Waals surface area contributed by atoms with Crippen LogP contribution < -0.4 is 0 Å². The lowest BCUT2D eigenvalue weighted by Gasteiger charge is -2.21. The molecule has 6 aromatic rings. The third-order valence-corrected chi connectivity index (χ3v) is 8.03. The molecule has 1 nitrogen and oxygen atoms in total. The van der Waals surface area contributed by atoms with Crippen molar-refractivity contribution in [3.8, 4) is 0 Å². The maximum atomic E-state index is 15.5. The minimum absolute atomic E-state index is 0.00406. The van der Waals surface area contributed by atoms with Crippen LogP contribution in [0.15, 0.2) is 54.6 Å². The number of rotatable bonds is 0. The molecule has 6 rings (SSSR count). The summed E-state index contributed by atoms with van der Waals surface area (Å²) >= 11 is 0. The molecular weight excluding hydrogens is 441 g/mol. The van der Waals surface area contributed by atoms with Gasteiger partial charge in [-0.05, 0) is 86.9 Å².